The SMILES string of the molecule is NCCC(N)Cc1nc(Cc2ccc(F)cc2)ns1. The van der Waals surface area contributed by atoms with Crippen molar-refractivity contribution in [3.63, 3.8) is 0 Å². The molecule has 0 aliphatic carbocycles. The van der Waals surface area contributed by atoms with Gasteiger partial charge in [-0.1, -0.05) is 12.1 Å². The van der Waals surface area contributed by atoms with Gasteiger partial charge in [0.25, 0.3) is 0 Å². The number of rotatable bonds is 6. The van der Waals surface area contributed by atoms with Crippen molar-refractivity contribution in [2.24, 2.45) is 11.5 Å². The summed E-state index contributed by atoms with van der Waals surface area (Å²) in [6, 6.07) is 6.42. The summed E-state index contributed by atoms with van der Waals surface area (Å²) >= 11 is 1.37. The molecule has 0 saturated heterocycles. The summed E-state index contributed by atoms with van der Waals surface area (Å²) in [5.41, 5.74) is 12.4. The fraction of sp³-hybridized carbons (Fsp3) is 0.385. The molecule has 1 unspecified atom stereocenters. The maximum absolute atomic E-state index is 12.8. The Bertz CT molecular complexity index is 512. The van der Waals surface area contributed by atoms with Crippen molar-refractivity contribution in [3.8, 4) is 0 Å². The van der Waals surface area contributed by atoms with Gasteiger partial charge in [0, 0.05) is 18.9 Å². The summed E-state index contributed by atoms with van der Waals surface area (Å²) in [5, 5.41) is 0.929. The summed E-state index contributed by atoms with van der Waals surface area (Å²) in [6.07, 6.45) is 2.11. The minimum absolute atomic E-state index is 0.0385. The van der Waals surface area contributed by atoms with Gasteiger partial charge in [0.05, 0.1) is 0 Å². The summed E-state index contributed by atoms with van der Waals surface area (Å²) in [5.74, 6) is 0.523. The van der Waals surface area contributed by atoms with Crippen LogP contribution < -0.4 is 11.5 Å². The van der Waals surface area contributed by atoms with Crippen LogP contribution in [0.15, 0.2) is 24.3 Å². The number of hydrogen-bond donors (Lipinski definition) is 2. The molecule has 4 N–H and O–H groups in total. The molecule has 0 fully saturated rings. The minimum Gasteiger partial charge on any atom is -0.330 e. The van der Waals surface area contributed by atoms with Gasteiger partial charge in [-0.25, -0.2) is 9.37 Å². The highest BCUT2D eigenvalue weighted by atomic mass is 32.1. The highest BCUT2D eigenvalue weighted by Crippen LogP contribution is 2.12. The molecular formula is C13H17FN4S. The Balaban J connectivity index is 1.95. The second-order valence-corrected chi connectivity index (χ2v) is 5.29. The second-order valence-electron chi connectivity index (χ2n) is 4.45. The van der Waals surface area contributed by atoms with Crippen molar-refractivity contribution in [2.45, 2.75) is 25.3 Å². The van der Waals surface area contributed by atoms with E-state index in [2.05, 4.69) is 9.36 Å². The van der Waals surface area contributed by atoms with E-state index in [0.29, 0.717) is 19.4 Å². The molecule has 1 aromatic carbocycles. The van der Waals surface area contributed by atoms with Crippen molar-refractivity contribution >= 4 is 11.5 Å². The zero-order chi connectivity index (χ0) is 13.7. The van der Waals surface area contributed by atoms with Gasteiger partial charge < -0.3 is 11.5 Å². The smallest absolute Gasteiger partial charge is 0.146 e. The van der Waals surface area contributed by atoms with E-state index in [1.54, 1.807) is 12.1 Å². The number of nitrogens with two attached hydrogens (primary N) is 2. The molecule has 0 aliphatic rings. The van der Waals surface area contributed by atoms with Crippen LogP contribution in [-0.2, 0) is 12.8 Å². The molecule has 6 heteroatoms. The number of nitrogens with zero attached hydrogens (tertiary/aromatic N) is 2. The van der Waals surface area contributed by atoms with Crippen molar-refractivity contribution in [2.75, 3.05) is 6.54 Å². The molecule has 2 rings (SSSR count). The van der Waals surface area contributed by atoms with Gasteiger partial charge in [-0.05, 0) is 42.2 Å². The molecule has 0 saturated carbocycles. The third kappa shape index (κ3) is 4.34. The Morgan fingerprint density at radius 3 is 2.68 bits per heavy atom. The van der Waals surface area contributed by atoms with Crippen LogP contribution in [0.5, 0.6) is 0 Å². The first-order chi connectivity index (χ1) is 9.17. The molecular weight excluding hydrogens is 263 g/mol. The molecule has 0 radical (unpaired) electrons. The van der Waals surface area contributed by atoms with E-state index in [1.165, 1.54) is 23.7 Å². The maximum atomic E-state index is 12.8. The topological polar surface area (TPSA) is 77.8 Å². The van der Waals surface area contributed by atoms with Gasteiger partial charge in [0.2, 0.25) is 0 Å². The Morgan fingerprint density at radius 2 is 2.00 bits per heavy atom. The van der Waals surface area contributed by atoms with Crippen LogP contribution >= 0.6 is 11.5 Å². The normalized spacial score (nSPS) is 12.6. The summed E-state index contributed by atoms with van der Waals surface area (Å²) in [4.78, 5) is 4.44. The Hall–Kier alpha value is -1.37. The average molecular weight is 280 g/mol. The lowest BCUT2D eigenvalue weighted by Crippen LogP contribution is -2.25. The predicted molar refractivity (Wildman–Crippen MR) is 74.5 cm³/mol. The van der Waals surface area contributed by atoms with Crippen molar-refractivity contribution in [1.82, 2.24) is 9.36 Å². The highest BCUT2D eigenvalue weighted by Gasteiger charge is 2.09. The lowest BCUT2D eigenvalue weighted by atomic mass is 10.1. The van der Waals surface area contributed by atoms with Crippen LogP contribution in [0.25, 0.3) is 0 Å². The largest absolute Gasteiger partial charge is 0.330 e. The fourth-order valence-electron chi connectivity index (χ4n) is 1.77. The summed E-state index contributed by atoms with van der Waals surface area (Å²) in [6.45, 7) is 0.586. The first-order valence-corrected chi connectivity index (χ1v) is 6.96. The van der Waals surface area contributed by atoms with Gasteiger partial charge in [-0.15, -0.1) is 0 Å². The first kappa shape index (κ1) is 14.0. The Kier molecular flexibility index (Phi) is 4.95. The maximum Gasteiger partial charge on any atom is 0.146 e. The molecule has 0 amide bonds. The Morgan fingerprint density at radius 1 is 1.26 bits per heavy atom. The van der Waals surface area contributed by atoms with E-state index >= 15 is 0 Å². The zero-order valence-electron chi connectivity index (χ0n) is 10.6. The van der Waals surface area contributed by atoms with E-state index in [1.807, 2.05) is 0 Å². The van der Waals surface area contributed by atoms with Gasteiger partial charge in [0.1, 0.15) is 16.6 Å². The first-order valence-electron chi connectivity index (χ1n) is 6.19. The molecule has 19 heavy (non-hydrogen) atoms. The number of halogens is 1. The van der Waals surface area contributed by atoms with E-state index in [9.17, 15) is 4.39 Å². The van der Waals surface area contributed by atoms with Crippen LogP contribution in [0.1, 0.15) is 22.8 Å². The second kappa shape index (κ2) is 6.70. The lowest BCUT2D eigenvalue weighted by molar-refractivity contribution is 0.616. The predicted octanol–water partition coefficient (Wildman–Crippen LogP) is 1.49. The minimum atomic E-state index is -0.233. The van der Waals surface area contributed by atoms with Crippen molar-refractivity contribution < 1.29 is 4.39 Å². The highest BCUT2D eigenvalue weighted by molar-refractivity contribution is 7.05. The van der Waals surface area contributed by atoms with Gasteiger partial charge in [0.15, 0.2) is 0 Å². The summed E-state index contributed by atoms with van der Waals surface area (Å²) in [7, 11) is 0. The molecule has 1 aromatic heterocycles. The lowest BCUT2D eigenvalue weighted by Gasteiger charge is -2.06. The quantitative estimate of drug-likeness (QED) is 0.840. The average Bonchev–Trinajstić information content (AvgIpc) is 2.80. The third-order valence-electron chi connectivity index (χ3n) is 2.76. The molecule has 1 atom stereocenters. The third-order valence-corrected chi connectivity index (χ3v) is 3.53. The van der Waals surface area contributed by atoms with Gasteiger partial charge >= 0.3 is 0 Å². The molecule has 0 aliphatic heterocycles. The number of hydrogen-bond acceptors (Lipinski definition) is 5. The number of benzene rings is 1. The van der Waals surface area contributed by atoms with Crippen LogP contribution in [0.3, 0.4) is 0 Å². The number of aromatic nitrogens is 2. The van der Waals surface area contributed by atoms with Crippen LogP contribution in [0.2, 0.25) is 0 Å². The molecule has 4 nitrogen and oxygen atoms in total. The molecule has 0 spiro atoms. The van der Waals surface area contributed by atoms with E-state index in [-0.39, 0.29) is 11.9 Å². The Labute approximate surface area is 115 Å². The van der Waals surface area contributed by atoms with E-state index in [4.69, 9.17) is 11.5 Å². The zero-order valence-corrected chi connectivity index (χ0v) is 11.4. The van der Waals surface area contributed by atoms with Gasteiger partial charge in [-0.2, -0.15) is 4.37 Å². The summed E-state index contributed by atoms with van der Waals surface area (Å²) < 4.78 is 17.1. The molecule has 102 valence electrons. The van der Waals surface area contributed by atoms with Crippen LogP contribution in [-0.4, -0.2) is 21.9 Å². The van der Waals surface area contributed by atoms with E-state index < -0.39 is 0 Å². The van der Waals surface area contributed by atoms with Crippen LogP contribution in [0, 0.1) is 5.82 Å². The monoisotopic (exact) mass is 280 g/mol. The van der Waals surface area contributed by atoms with Crippen LogP contribution in [0.4, 0.5) is 4.39 Å². The molecule has 2 aromatic rings. The van der Waals surface area contributed by atoms with Crippen molar-refractivity contribution in [3.05, 3.63) is 46.5 Å². The molecule has 0 bridgehead atoms. The molecule has 1 heterocycles. The van der Waals surface area contributed by atoms with Gasteiger partial charge in [-0.3, -0.25) is 0 Å². The van der Waals surface area contributed by atoms with Crippen molar-refractivity contribution in [1.29, 1.82) is 0 Å². The van der Waals surface area contributed by atoms with E-state index in [0.717, 1.165) is 22.8 Å². The fourth-order valence-corrected chi connectivity index (χ4v) is 2.52. The standard InChI is InChI=1S/C13H17FN4S/c14-10-3-1-9(2-4-10)7-12-17-13(19-18-12)8-11(16)5-6-15/h1-4,11H,5-8,15-16H2.